The fraction of sp³-hybridized carbons (Fsp3) is 0.389. The number of rotatable bonds is 6. The Morgan fingerprint density at radius 1 is 1.32 bits per heavy atom. The van der Waals surface area contributed by atoms with Gasteiger partial charge in [-0.3, -0.25) is 0 Å². The van der Waals surface area contributed by atoms with Gasteiger partial charge >= 0.3 is 5.97 Å². The van der Waals surface area contributed by atoms with Crippen molar-refractivity contribution in [3.05, 3.63) is 41.6 Å². The van der Waals surface area contributed by atoms with Gasteiger partial charge in [0, 0.05) is 34.8 Å². The van der Waals surface area contributed by atoms with Gasteiger partial charge in [0.05, 0.1) is 0 Å². The van der Waals surface area contributed by atoms with Gasteiger partial charge < -0.3 is 14.6 Å². The molecule has 0 saturated heterocycles. The zero-order chi connectivity index (χ0) is 16.3. The monoisotopic (exact) mass is 300 g/mol. The van der Waals surface area contributed by atoms with Gasteiger partial charge in [0.25, 0.3) is 0 Å². The van der Waals surface area contributed by atoms with E-state index in [1.807, 2.05) is 19.1 Å². The molecular formula is C18H24N2O2. The summed E-state index contributed by atoms with van der Waals surface area (Å²) in [6.45, 7) is 5.91. The van der Waals surface area contributed by atoms with Crippen LogP contribution in [0.4, 0.5) is 0 Å². The van der Waals surface area contributed by atoms with Crippen LogP contribution in [0.15, 0.2) is 30.3 Å². The minimum absolute atomic E-state index is 0.799. The molecule has 118 valence electrons. The predicted octanol–water partition coefficient (Wildman–Crippen LogP) is 3.39. The van der Waals surface area contributed by atoms with Crippen LogP contribution in [0.2, 0.25) is 0 Å². The summed E-state index contributed by atoms with van der Waals surface area (Å²) in [6, 6.07) is 8.21. The van der Waals surface area contributed by atoms with Gasteiger partial charge in [-0.25, -0.2) is 4.79 Å². The zero-order valence-corrected chi connectivity index (χ0v) is 13.8. The van der Waals surface area contributed by atoms with E-state index in [4.69, 9.17) is 5.11 Å². The van der Waals surface area contributed by atoms with Crippen molar-refractivity contribution in [3.63, 3.8) is 0 Å². The van der Waals surface area contributed by atoms with Crippen LogP contribution in [-0.4, -0.2) is 41.2 Å². The lowest BCUT2D eigenvalue weighted by molar-refractivity contribution is -0.131. The third-order valence-electron chi connectivity index (χ3n) is 3.95. The van der Waals surface area contributed by atoms with E-state index in [-0.39, 0.29) is 0 Å². The van der Waals surface area contributed by atoms with E-state index >= 15 is 0 Å². The number of hydrogen-bond acceptors (Lipinski definition) is 2. The number of nitrogens with zero attached hydrogens (tertiary/aromatic N) is 2. The summed E-state index contributed by atoms with van der Waals surface area (Å²) in [4.78, 5) is 13.2. The fourth-order valence-corrected chi connectivity index (χ4v) is 3.02. The number of carboxylic acid groups (broad SMARTS) is 1. The van der Waals surface area contributed by atoms with Crippen LogP contribution in [0, 0.1) is 6.92 Å². The number of allylic oxidation sites excluding steroid dienone is 1. The molecule has 1 aromatic carbocycles. The maximum absolute atomic E-state index is 11.0. The molecular weight excluding hydrogens is 276 g/mol. The van der Waals surface area contributed by atoms with E-state index in [0.717, 1.165) is 41.7 Å². The minimum Gasteiger partial charge on any atom is -0.478 e. The van der Waals surface area contributed by atoms with Gasteiger partial charge in [0.1, 0.15) is 0 Å². The quantitative estimate of drug-likeness (QED) is 0.832. The number of carbonyl (C=O) groups is 1. The van der Waals surface area contributed by atoms with Crippen molar-refractivity contribution < 1.29 is 9.90 Å². The van der Waals surface area contributed by atoms with Crippen molar-refractivity contribution >= 4 is 22.4 Å². The van der Waals surface area contributed by atoms with Gasteiger partial charge in [-0.15, -0.1) is 0 Å². The first kappa shape index (κ1) is 16.3. The highest BCUT2D eigenvalue weighted by Gasteiger charge is 2.15. The van der Waals surface area contributed by atoms with Crippen LogP contribution in [0.1, 0.15) is 24.6 Å². The average molecular weight is 300 g/mol. The van der Waals surface area contributed by atoms with Crippen molar-refractivity contribution in [1.82, 2.24) is 9.47 Å². The van der Waals surface area contributed by atoms with E-state index in [1.165, 1.54) is 11.6 Å². The average Bonchev–Trinajstić information content (AvgIpc) is 2.70. The van der Waals surface area contributed by atoms with Crippen LogP contribution < -0.4 is 0 Å². The Balaban J connectivity index is 2.49. The molecule has 1 aromatic heterocycles. The molecule has 1 N–H and O–H groups in total. The van der Waals surface area contributed by atoms with E-state index < -0.39 is 5.97 Å². The van der Waals surface area contributed by atoms with Gasteiger partial charge in [-0.1, -0.05) is 18.2 Å². The molecule has 2 aromatic rings. The molecule has 0 atom stereocenters. The molecule has 0 unspecified atom stereocenters. The number of hydrogen-bond donors (Lipinski definition) is 1. The van der Waals surface area contributed by atoms with Crippen molar-refractivity contribution in [1.29, 1.82) is 0 Å². The lowest BCUT2D eigenvalue weighted by atomic mass is 10.0. The lowest BCUT2D eigenvalue weighted by Crippen LogP contribution is -2.15. The second-order valence-electron chi connectivity index (χ2n) is 5.95. The molecule has 0 bridgehead atoms. The van der Waals surface area contributed by atoms with Gasteiger partial charge in [-0.2, -0.15) is 0 Å². The molecule has 1 heterocycles. The molecule has 0 fully saturated rings. The summed E-state index contributed by atoms with van der Waals surface area (Å²) in [6.07, 6.45) is 2.35. The van der Waals surface area contributed by atoms with E-state index in [1.54, 1.807) is 0 Å². The first-order valence-electron chi connectivity index (χ1n) is 7.56. The van der Waals surface area contributed by atoms with E-state index in [9.17, 15) is 4.79 Å². The van der Waals surface area contributed by atoms with Crippen molar-refractivity contribution in [2.24, 2.45) is 0 Å². The van der Waals surface area contributed by atoms with Crippen LogP contribution in [0.3, 0.4) is 0 Å². The molecule has 0 amide bonds. The highest BCUT2D eigenvalue weighted by atomic mass is 16.4. The smallest absolute Gasteiger partial charge is 0.328 e. The highest BCUT2D eigenvalue weighted by molar-refractivity contribution is 5.99. The third-order valence-corrected chi connectivity index (χ3v) is 3.95. The second kappa shape index (κ2) is 6.79. The van der Waals surface area contributed by atoms with Gasteiger partial charge in [0.15, 0.2) is 0 Å². The van der Waals surface area contributed by atoms with Crippen molar-refractivity contribution in [2.45, 2.75) is 26.8 Å². The number of fused-ring (bicyclic) bond motifs is 1. The number of aryl methyl sites for hydroxylation is 1. The summed E-state index contributed by atoms with van der Waals surface area (Å²) >= 11 is 0. The largest absolute Gasteiger partial charge is 0.478 e. The Labute approximate surface area is 131 Å². The summed E-state index contributed by atoms with van der Waals surface area (Å²) in [5.74, 6) is -0.902. The molecule has 0 aliphatic heterocycles. The van der Waals surface area contributed by atoms with Crippen molar-refractivity contribution in [2.75, 3.05) is 20.6 Å². The summed E-state index contributed by atoms with van der Waals surface area (Å²) in [5.41, 5.74) is 4.15. The van der Waals surface area contributed by atoms with Crippen LogP contribution in [0.25, 0.3) is 16.5 Å². The molecule has 22 heavy (non-hydrogen) atoms. The van der Waals surface area contributed by atoms with Crippen LogP contribution in [-0.2, 0) is 11.3 Å². The Morgan fingerprint density at radius 3 is 2.64 bits per heavy atom. The van der Waals surface area contributed by atoms with Crippen LogP contribution in [0.5, 0.6) is 0 Å². The Morgan fingerprint density at radius 2 is 2.00 bits per heavy atom. The fourth-order valence-electron chi connectivity index (χ4n) is 3.02. The Bertz CT molecular complexity index is 711. The first-order valence-corrected chi connectivity index (χ1v) is 7.56. The molecule has 0 aliphatic carbocycles. The maximum Gasteiger partial charge on any atom is 0.328 e. The molecule has 2 rings (SSSR count). The van der Waals surface area contributed by atoms with Gasteiger partial charge in [-0.05, 0) is 52.5 Å². The number of benzene rings is 1. The number of carboxylic acids is 1. The Hall–Kier alpha value is -2.07. The number of aromatic nitrogens is 1. The summed E-state index contributed by atoms with van der Waals surface area (Å²) < 4.78 is 2.30. The lowest BCUT2D eigenvalue weighted by Gasteiger charge is -2.12. The summed E-state index contributed by atoms with van der Waals surface area (Å²) in [5, 5.41) is 10.2. The van der Waals surface area contributed by atoms with E-state index in [2.05, 4.69) is 42.6 Å². The normalized spacial score (nSPS) is 12.3. The Kier molecular flexibility index (Phi) is 5.03. The highest BCUT2D eigenvalue weighted by Crippen LogP contribution is 2.31. The number of para-hydroxylation sites is 1. The zero-order valence-electron chi connectivity index (χ0n) is 13.8. The SMILES string of the molecule is C/C(=C/C(=O)O)c1c(C)n(CCCN(C)C)c2ccccc12. The topological polar surface area (TPSA) is 45.5 Å². The second-order valence-corrected chi connectivity index (χ2v) is 5.95. The van der Waals surface area contributed by atoms with Gasteiger partial charge in [0.2, 0.25) is 0 Å². The standard InChI is InChI=1S/C18H24N2O2/c1-13(12-17(21)22)18-14(2)20(11-7-10-19(3)4)16-9-6-5-8-15(16)18/h5-6,8-9,12H,7,10-11H2,1-4H3,(H,21,22)/b13-12-. The third kappa shape index (κ3) is 3.39. The number of aliphatic carboxylic acids is 1. The van der Waals surface area contributed by atoms with Crippen molar-refractivity contribution in [3.8, 4) is 0 Å². The molecule has 4 heteroatoms. The molecule has 4 nitrogen and oxygen atoms in total. The van der Waals surface area contributed by atoms with E-state index in [0.29, 0.717) is 0 Å². The minimum atomic E-state index is -0.902. The predicted molar refractivity (Wildman–Crippen MR) is 91.1 cm³/mol. The van der Waals surface area contributed by atoms with Crippen LogP contribution >= 0.6 is 0 Å². The molecule has 0 radical (unpaired) electrons. The maximum atomic E-state index is 11.0. The molecule has 0 saturated carbocycles. The molecule has 0 spiro atoms. The first-order chi connectivity index (χ1) is 10.4. The summed E-state index contributed by atoms with van der Waals surface area (Å²) in [7, 11) is 4.15. The molecule has 0 aliphatic rings.